The first-order valence-corrected chi connectivity index (χ1v) is 23.2. The van der Waals surface area contributed by atoms with E-state index in [2.05, 4.69) is 73.0 Å². The van der Waals surface area contributed by atoms with Crippen LogP contribution in [0.2, 0.25) is 36.3 Å². The lowest BCUT2D eigenvalue weighted by atomic mass is 9.93. The van der Waals surface area contributed by atoms with E-state index in [0.717, 1.165) is 5.56 Å². The van der Waals surface area contributed by atoms with E-state index in [-0.39, 0.29) is 34.2 Å². The minimum absolute atomic E-state index is 0.0330. The third-order valence-electron chi connectivity index (χ3n) is 10.3. The van der Waals surface area contributed by atoms with E-state index in [1.165, 1.54) is 7.11 Å². The summed E-state index contributed by atoms with van der Waals surface area (Å²) in [4.78, 5) is 46.8. The first kappa shape index (κ1) is 40.6. The van der Waals surface area contributed by atoms with Crippen LogP contribution < -0.4 is 5.32 Å². The Hall–Kier alpha value is -2.81. The summed E-state index contributed by atoms with van der Waals surface area (Å²) < 4.78 is 23.7. The van der Waals surface area contributed by atoms with E-state index < -0.39 is 33.7 Å². The molecule has 1 aliphatic heterocycles. The van der Waals surface area contributed by atoms with Gasteiger partial charge in [-0.05, 0) is 87.6 Å². The highest BCUT2D eigenvalue weighted by atomic mass is 28.4. The molecule has 0 radical (unpaired) electrons. The van der Waals surface area contributed by atoms with Crippen molar-refractivity contribution in [3.63, 3.8) is 0 Å². The van der Waals surface area contributed by atoms with Gasteiger partial charge in [-0.15, -0.1) is 0 Å². The second kappa shape index (κ2) is 14.8. The topological polar surface area (TPSA) is 116 Å². The van der Waals surface area contributed by atoms with Crippen molar-refractivity contribution in [1.29, 1.82) is 0 Å². The van der Waals surface area contributed by atoms with Gasteiger partial charge in [0.2, 0.25) is 5.91 Å². The molecule has 1 N–H and O–H groups in total. The van der Waals surface area contributed by atoms with Gasteiger partial charge in [0.05, 0.1) is 31.4 Å². The number of amidine groups is 1. The van der Waals surface area contributed by atoms with Gasteiger partial charge in [-0.3, -0.25) is 14.9 Å². The number of aliphatic imine (C=N–C) groups is 1. The molecule has 0 atom stereocenters. The van der Waals surface area contributed by atoms with Gasteiger partial charge in [0.15, 0.2) is 16.6 Å². The Kier molecular flexibility index (Phi) is 12.3. The van der Waals surface area contributed by atoms with Crippen molar-refractivity contribution in [3.05, 3.63) is 34.9 Å². The molecule has 1 heterocycles. The van der Waals surface area contributed by atoms with E-state index in [1.807, 2.05) is 24.3 Å². The van der Waals surface area contributed by atoms with Crippen LogP contribution in [-0.4, -0.2) is 84.4 Å². The Bertz CT molecular complexity index is 1430. The molecule has 10 nitrogen and oxygen atoms in total. The molecule has 274 valence electrons. The standard InChI is InChI=1S/C37H61N3O7Si2/c1-34(2,3)47-33(43)39-30-24-27(23-26-15-16-28(25-29(26)38-30)37(17-18-37)32(42)44-10)31(41)40(19-21-45-48(11,12)35(4,5)6)20-22-46-49(13,14)36(7,8)9/h15-16,23,25H,17-22,24H2,1-14H3,(H,38,39,43). The van der Waals surface area contributed by atoms with Crippen LogP contribution in [0.1, 0.15) is 92.7 Å². The van der Waals surface area contributed by atoms with Crippen LogP contribution in [0, 0.1) is 0 Å². The zero-order valence-corrected chi connectivity index (χ0v) is 34.5. The number of methoxy groups -OCH3 is 1. The fourth-order valence-electron chi connectivity index (χ4n) is 5.00. The lowest BCUT2D eigenvalue weighted by molar-refractivity contribution is -0.143. The summed E-state index contributed by atoms with van der Waals surface area (Å²) in [7, 11) is -2.71. The number of nitrogens with one attached hydrogen (secondary N) is 1. The third-order valence-corrected chi connectivity index (χ3v) is 19.4. The summed E-state index contributed by atoms with van der Waals surface area (Å²) in [5.41, 5.74) is 1.11. The van der Waals surface area contributed by atoms with Gasteiger partial charge >= 0.3 is 12.1 Å². The third kappa shape index (κ3) is 10.4. The number of amides is 2. The molecule has 0 spiro atoms. The highest BCUT2D eigenvalue weighted by Gasteiger charge is 2.52. The average molecular weight is 716 g/mol. The number of esters is 1. The van der Waals surface area contributed by atoms with E-state index in [0.29, 0.717) is 56.0 Å². The van der Waals surface area contributed by atoms with Crippen molar-refractivity contribution in [3.8, 4) is 0 Å². The number of ether oxygens (including phenoxy) is 2. The molecular weight excluding hydrogens is 655 g/mol. The number of carbonyl (C=O) groups is 3. The number of carbonyl (C=O) groups excluding carboxylic acids is 3. The molecule has 12 heteroatoms. The maximum absolute atomic E-state index is 14.5. The SMILES string of the molecule is COC(=O)C1(c2ccc3c(c2)N=C(NC(=O)OC(C)(C)C)CC(C(=O)N(CCO[Si](C)(C)C(C)(C)C)CCO[Si](C)(C)C(C)(C)C)=C3)CC1. The minimum atomic E-state index is -2.05. The van der Waals surface area contributed by atoms with Crippen LogP contribution in [0.4, 0.5) is 10.5 Å². The Balaban J connectivity index is 2.00. The normalized spacial score (nSPS) is 16.4. The Labute approximate surface area is 296 Å². The number of rotatable bonds is 11. The Morgan fingerprint density at radius 3 is 1.86 bits per heavy atom. The van der Waals surface area contributed by atoms with E-state index in [4.69, 9.17) is 23.3 Å². The van der Waals surface area contributed by atoms with Crippen LogP contribution in [0.5, 0.6) is 0 Å². The molecular formula is C37H61N3O7Si2. The molecule has 3 rings (SSSR count). The predicted molar refractivity (Wildman–Crippen MR) is 201 cm³/mol. The van der Waals surface area contributed by atoms with Crippen molar-refractivity contribution in [2.75, 3.05) is 33.4 Å². The van der Waals surface area contributed by atoms with E-state index in [1.54, 1.807) is 25.7 Å². The van der Waals surface area contributed by atoms with Crippen LogP contribution in [0.25, 0.3) is 6.08 Å². The number of alkyl carbamates (subject to hydrolysis) is 1. The van der Waals surface area contributed by atoms with E-state index in [9.17, 15) is 14.4 Å². The number of benzene rings is 1. The van der Waals surface area contributed by atoms with Crippen molar-refractivity contribution in [2.45, 2.75) is 129 Å². The summed E-state index contributed by atoms with van der Waals surface area (Å²) >= 11 is 0. The fraction of sp³-hybridized carbons (Fsp3) is 0.676. The molecule has 1 aliphatic carbocycles. The molecule has 49 heavy (non-hydrogen) atoms. The van der Waals surface area contributed by atoms with Crippen LogP contribution in [0.15, 0.2) is 28.8 Å². The van der Waals surface area contributed by atoms with Gasteiger partial charge in [0.25, 0.3) is 0 Å². The summed E-state index contributed by atoms with van der Waals surface area (Å²) in [6.07, 6.45) is 2.63. The molecule has 1 saturated carbocycles. The van der Waals surface area contributed by atoms with Gasteiger partial charge in [0.1, 0.15) is 11.4 Å². The first-order valence-electron chi connectivity index (χ1n) is 17.4. The fourth-order valence-corrected chi connectivity index (χ4v) is 7.07. The van der Waals surface area contributed by atoms with Crippen molar-refractivity contribution in [1.82, 2.24) is 10.2 Å². The van der Waals surface area contributed by atoms with Gasteiger partial charge in [0, 0.05) is 30.6 Å². The number of nitrogens with zero attached hydrogens (tertiary/aromatic N) is 2. The van der Waals surface area contributed by atoms with Crippen LogP contribution >= 0.6 is 0 Å². The van der Waals surface area contributed by atoms with Gasteiger partial charge in [-0.2, -0.15) is 0 Å². The molecule has 1 fully saturated rings. The largest absolute Gasteiger partial charge is 0.468 e. The Morgan fingerprint density at radius 1 is 0.878 bits per heavy atom. The number of hydrogen-bond donors (Lipinski definition) is 1. The smallest absolute Gasteiger partial charge is 0.413 e. The maximum atomic E-state index is 14.5. The quantitative estimate of drug-likeness (QED) is 0.182. The minimum Gasteiger partial charge on any atom is -0.468 e. The molecule has 1 aromatic carbocycles. The van der Waals surface area contributed by atoms with Crippen LogP contribution in [0.3, 0.4) is 0 Å². The monoisotopic (exact) mass is 715 g/mol. The molecule has 0 unspecified atom stereocenters. The number of hydrogen-bond acceptors (Lipinski definition) is 8. The highest BCUT2D eigenvalue weighted by Crippen LogP contribution is 2.50. The van der Waals surface area contributed by atoms with Crippen molar-refractivity contribution < 1.29 is 32.7 Å². The summed E-state index contributed by atoms with van der Waals surface area (Å²) in [6.45, 7) is 29.0. The molecule has 2 amide bonds. The predicted octanol–water partition coefficient (Wildman–Crippen LogP) is 8.11. The summed E-state index contributed by atoms with van der Waals surface area (Å²) in [6, 6.07) is 5.64. The highest BCUT2D eigenvalue weighted by molar-refractivity contribution is 6.74. The lowest BCUT2D eigenvalue weighted by Crippen LogP contribution is -2.46. The van der Waals surface area contributed by atoms with Gasteiger partial charge < -0.3 is 23.2 Å². The average Bonchev–Trinajstić information content (AvgIpc) is 3.77. The van der Waals surface area contributed by atoms with Crippen molar-refractivity contribution in [2.24, 2.45) is 4.99 Å². The maximum Gasteiger partial charge on any atom is 0.413 e. The molecule has 0 aromatic heterocycles. The summed E-state index contributed by atoms with van der Waals surface area (Å²) in [5.74, 6) is -0.178. The van der Waals surface area contributed by atoms with Gasteiger partial charge in [-0.25, -0.2) is 9.79 Å². The zero-order chi connectivity index (χ0) is 37.2. The first-order chi connectivity index (χ1) is 22.3. The van der Waals surface area contributed by atoms with E-state index >= 15 is 0 Å². The van der Waals surface area contributed by atoms with Crippen molar-refractivity contribution >= 4 is 52.2 Å². The lowest BCUT2D eigenvalue weighted by Gasteiger charge is -2.38. The Morgan fingerprint density at radius 2 is 1.41 bits per heavy atom. The second-order valence-corrected chi connectivity index (χ2v) is 27.0. The zero-order valence-electron chi connectivity index (χ0n) is 32.5. The molecule has 0 bridgehead atoms. The summed E-state index contributed by atoms with van der Waals surface area (Å²) in [5, 5.41) is 2.86. The van der Waals surface area contributed by atoms with Gasteiger partial charge in [-0.1, -0.05) is 53.7 Å². The molecule has 1 aromatic rings. The molecule has 2 aliphatic rings. The number of fused-ring (bicyclic) bond motifs is 1. The second-order valence-electron chi connectivity index (χ2n) is 17.4. The van der Waals surface area contributed by atoms with Crippen LogP contribution in [-0.2, 0) is 33.3 Å². The molecule has 0 saturated heterocycles.